The molecule has 0 bridgehead atoms. The van der Waals surface area contributed by atoms with E-state index in [1.807, 2.05) is 36.4 Å². The summed E-state index contributed by atoms with van der Waals surface area (Å²) in [4.78, 5) is 14.9. The minimum atomic E-state index is 0.163. The van der Waals surface area contributed by atoms with Gasteiger partial charge < -0.3 is 0 Å². The van der Waals surface area contributed by atoms with Crippen molar-refractivity contribution in [2.45, 2.75) is 37.5 Å². The predicted octanol–water partition coefficient (Wildman–Crippen LogP) is 13.1. The number of fused-ring (bicyclic) bond motifs is 5. The molecular formula is C51H39N3. The molecule has 0 amide bonds. The van der Waals surface area contributed by atoms with Gasteiger partial charge in [0.05, 0.1) is 0 Å². The third-order valence-corrected chi connectivity index (χ3v) is 11.6. The second kappa shape index (κ2) is 13.5. The summed E-state index contributed by atoms with van der Waals surface area (Å²) < 4.78 is 0. The van der Waals surface area contributed by atoms with Crippen molar-refractivity contribution in [3.05, 3.63) is 187 Å². The molecule has 2 aliphatic rings. The van der Waals surface area contributed by atoms with Gasteiger partial charge in [-0.2, -0.15) is 0 Å². The fourth-order valence-electron chi connectivity index (χ4n) is 8.89. The quantitative estimate of drug-likeness (QED) is 0.174. The Kier molecular flexibility index (Phi) is 8.06. The van der Waals surface area contributed by atoms with Crippen LogP contribution in [0.25, 0.3) is 78.7 Å². The van der Waals surface area contributed by atoms with Crippen LogP contribution in [0.2, 0.25) is 0 Å². The second-order valence-corrected chi connectivity index (χ2v) is 14.7. The van der Waals surface area contributed by atoms with Gasteiger partial charge in [-0.15, -0.1) is 0 Å². The zero-order valence-electron chi connectivity index (χ0n) is 30.1. The number of hydrogen-bond acceptors (Lipinski definition) is 3. The second-order valence-electron chi connectivity index (χ2n) is 14.7. The van der Waals surface area contributed by atoms with Gasteiger partial charge in [0, 0.05) is 22.1 Å². The molecule has 3 nitrogen and oxygen atoms in total. The largest absolute Gasteiger partial charge is 0.208 e. The van der Waals surface area contributed by atoms with Crippen molar-refractivity contribution in [2.75, 3.05) is 0 Å². The van der Waals surface area contributed by atoms with Gasteiger partial charge in [0.15, 0.2) is 17.5 Å². The minimum absolute atomic E-state index is 0.163. The maximum atomic E-state index is 5.00. The standard InChI is InChI=1S/C51H39N3/c1-4-13-35(14-5-1)36-23-29-41(30-24-36)49-52-48(40-15-6-2-7-16-40)53-50(54-49)42-31-25-38(26-32-42)37-21-27-39(28-22-37)43-18-12-20-46-47(43)44-17-8-9-19-45(44)51(46)33-10-3-11-34-51/h1-2,4-9,12-32H,3,10-11,33-34H2. The first-order valence-electron chi connectivity index (χ1n) is 19.2. The summed E-state index contributed by atoms with van der Waals surface area (Å²) in [6.45, 7) is 0. The minimum Gasteiger partial charge on any atom is -0.208 e. The van der Waals surface area contributed by atoms with E-state index < -0.39 is 0 Å². The van der Waals surface area contributed by atoms with Crippen LogP contribution in [0.1, 0.15) is 43.2 Å². The molecule has 1 aromatic heterocycles. The first kappa shape index (κ1) is 32.2. The Morgan fingerprint density at radius 3 is 1.24 bits per heavy atom. The van der Waals surface area contributed by atoms with Gasteiger partial charge in [0.1, 0.15) is 0 Å². The Labute approximate surface area is 317 Å². The summed E-state index contributed by atoms with van der Waals surface area (Å²) >= 11 is 0. The Bertz CT molecular complexity index is 2590. The number of benzene rings is 7. The summed E-state index contributed by atoms with van der Waals surface area (Å²) in [6.07, 6.45) is 6.44. The SMILES string of the molecule is c1ccc(-c2ccc(-c3nc(-c4ccccc4)nc(-c4ccc(-c5ccc(-c6cccc7c6-c6ccccc6C76CCCCC6)cc5)cc4)n3)cc2)cc1. The van der Waals surface area contributed by atoms with Gasteiger partial charge >= 0.3 is 0 Å². The fraction of sp³-hybridized carbons (Fsp3) is 0.118. The Morgan fingerprint density at radius 1 is 0.296 bits per heavy atom. The van der Waals surface area contributed by atoms with Crippen molar-refractivity contribution >= 4 is 0 Å². The zero-order chi connectivity index (χ0) is 35.9. The fourth-order valence-corrected chi connectivity index (χ4v) is 8.89. The Morgan fingerprint density at radius 2 is 0.685 bits per heavy atom. The molecular weight excluding hydrogens is 655 g/mol. The van der Waals surface area contributed by atoms with Crippen LogP contribution in [0.3, 0.4) is 0 Å². The molecule has 2 aliphatic carbocycles. The highest BCUT2D eigenvalue weighted by Gasteiger charge is 2.44. The van der Waals surface area contributed by atoms with Crippen molar-refractivity contribution in [3.8, 4) is 78.7 Å². The Balaban J connectivity index is 0.965. The van der Waals surface area contributed by atoms with E-state index in [0.717, 1.165) is 27.8 Å². The maximum Gasteiger partial charge on any atom is 0.164 e. The van der Waals surface area contributed by atoms with Crippen LogP contribution in [-0.4, -0.2) is 15.0 Å². The molecule has 1 fully saturated rings. The molecule has 0 aliphatic heterocycles. The van der Waals surface area contributed by atoms with Crippen LogP contribution in [0.4, 0.5) is 0 Å². The molecule has 0 unspecified atom stereocenters. The van der Waals surface area contributed by atoms with E-state index in [9.17, 15) is 0 Å². The molecule has 10 rings (SSSR count). The van der Waals surface area contributed by atoms with Crippen LogP contribution < -0.4 is 0 Å². The van der Waals surface area contributed by atoms with E-state index in [4.69, 9.17) is 15.0 Å². The molecule has 3 heteroatoms. The van der Waals surface area contributed by atoms with Gasteiger partial charge in [-0.05, 0) is 68.5 Å². The molecule has 0 N–H and O–H groups in total. The van der Waals surface area contributed by atoms with Crippen molar-refractivity contribution in [2.24, 2.45) is 0 Å². The van der Waals surface area contributed by atoms with Gasteiger partial charge in [0.25, 0.3) is 0 Å². The smallest absolute Gasteiger partial charge is 0.164 e. The molecule has 1 saturated carbocycles. The zero-order valence-corrected chi connectivity index (χ0v) is 30.1. The van der Waals surface area contributed by atoms with E-state index in [0.29, 0.717) is 17.5 Å². The third-order valence-electron chi connectivity index (χ3n) is 11.6. The molecule has 258 valence electrons. The van der Waals surface area contributed by atoms with Crippen LogP contribution >= 0.6 is 0 Å². The van der Waals surface area contributed by atoms with Gasteiger partial charge in [-0.3, -0.25) is 0 Å². The normalized spacial score (nSPS) is 14.1. The predicted molar refractivity (Wildman–Crippen MR) is 222 cm³/mol. The Hall–Kier alpha value is -6.45. The third kappa shape index (κ3) is 5.64. The van der Waals surface area contributed by atoms with Gasteiger partial charge in [-0.25, -0.2) is 15.0 Å². The van der Waals surface area contributed by atoms with Crippen LogP contribution in [0.5, 0.6) is 0 Å². The maximum absolute atomic E-state index is 5.00. The summed E-state index contributed by atoms with van der Waals surface area (Å²) in [5.74, 6) is 1.97. The topological polar surface area (TPSA) is 38.7 Å². The van der Waals surface area contributed by atoms with Gasteiger partial charge in [0.2, 0.25) is 0 Å². The monoisotopic (exact) mass is 693 g/mol. The summed E-state index contributed by atoms with van der Waals surface area (Å²) in [7, 11) is 0. The van der Waals surface area contributed by atoms with Crippen LogP contribution in [-0.2, 0) is 5.41 Å². The molecule has 1 heterocycles. The number of nitrogens with zero attached hydrogens (tertiary/aromatic N) is 3. The molecule has 54 heavy (non-hydrogen) atoms. The molecule has 0 saturated heterocycles. The molecule has 7 aromatic carbocycles. The lowest BCUT2D eigenvalue weighted by Crippen LogP contribution is -2.27. The first-order valence-corrected chi connectivity index (χ1v) is 19.2. The highest BCUT2D eigenvalue weighted by atomic mass is 15.0. The van der Waals surface area contributed by atoms with Crippen LogP contribution in [0.15, 0.2) is 176 Å². The van der Waals surface area contributed by atoms with Gasteiger partial charge in [-0.1, -0.05) is 195 Å². The summed E-state index contributed by atoms with van der Waals surface area (Å²) in [5.41, 5.74) is 16.2. The van der Waals surface area contributed by atoms with E-state index in [2.05, 4.69) is 140 Å². The molecule has 1 spiro atoms. The lowest BCUT2D eigenvalue weighted by atomic mass is 9.68. The highest BCUT2D eigenvalue weighted by Crippen LogP contribution is 2.57. The van der Waals surface area contributed by atoms with E-state index in [1.165, 1.54) is 76.6 Å². The number of rotatable bonds is 6. The van der Waals surface area contributed by atoms with Crippen molar-refractivity contribution in [1.29, 1.82) is 0 Å². The average molecular weight is 694 g/mol. The van der Waals surface area contributed by atoms with Crippen molar-refractivity contribution in [1.82, 2.24) is 15.0 Å². The molecule has 0 atom stereocenters. The number of aromatic nitrogens is 3. The first-order chi connectivity index (χ1) is 26.7. The van der Waals surface area contributed by atoms with E-state index in [1.54, 1.807) is 0 Å². The molecule has 0 radical (unpaired) electrons. The number of hydrogen-bond donors (Lipinski definition) is 0. The van der Waals surface area contributed by atoms with Crippen LogP contribution in [0, 0.1) is 0 Å². The van der Waals surface area contributed by atoms with Crippen molar-refractivity contribution in [3.63, 3.8) is 0 Å². The van der Waals surface area contributed by atoms with Crippen molar-refractivity contribution < 1.29 is 0 Å². The van der Waals surface area contributed by atoms with E-state index >= 15 is 0 Å². The molecule has 8 aromatic rings. The lowest BCUT2D eigenvalue weighted by molar-refractivity contribution is 0.353. The average Bonchev–Trinajstić information content (AvgIpc) is 3.53. The summed E-state index contributed by atoms with van der Waals surface area (Å²) in [5, 5.41) is 0. The lowest BCUT2D eigenvalue weighted by Gasteiger charge is -2.36. The van der Waals surface area contributed by atoms with E-state index in [-0.39, 0.29) is 5.41 Å². The summed E-state index contributed by atoms with van der Waals surface area (Å²) in [6, 6.07) is 62.9. The highest BCUT2D eigenvalue weighted by molar-refractivity contribution is 5.93.